The second-order valence-electron chi connectivity index (χ2n) is 6.54. The number of carbonyl (C=O) groups is 2. The van der Waals surface area contributed by atoms with Gasteiger partial charge < -0.3 is 19.5 Å². The van der Waals surface area contributed by atoms with Gasteiger partial charge >= 0.3 is 5.97 Å². The Morgan fingerprint density at radius 3 is 2.29 bits per heavy atom. The van der Waals surface area contributed by atoms with Gasteiger partial charge in [0, 0.05) is 12.1 Å². The molecule has 0 aliphatic heterocycles. The van der Waals surface area contributed by atoms with Gasteiger partial charge in [-0.3, -0.25) is 9.59 Å². The zero-order valence-corrected chi connectivity index (χ0v) is 15.0. The number of amides is 1. The Bertz CT molecular complexity index is 569. The average Bonchev–Trinajstić information content (AvgIpc) is 2.50. The molecule has 1 aromatic carbocycles. The summed E-state index contributed by atoms with van der Waals surface area (Å²) in [5, 5.41) is 9.02. The Morgan fingerprint density at radius 2 is 1.79 bits per heavy atom. The third kappa shape index (κ3) is 6.10. The summed E-state index contributed by atoms with van der Waals surface area (Å²) in [6, 6.07) is 4.91. The zero-order chi connectivity index (χ0) is 18.3. The van der Waals surface area contributed by atoms with E-state index in [1.54, 1.807) is 18.2 Å². The lowest BCUT2D eigenvalue weighted by Gasteiger charge is -2.23. The number of hydrogen-bond acceptors (Lipinski definition) is 4. The Kier molecular flexibility index (Phi) is 7.55. The maximum atomic E-state index is 12.6. The van der Waals surface area contributed by atoms with Crippen LogP contribution in [0.3, 0.4) is 0 Å². The highest BCUT2D eigenvalue weighted by Crippen LogP contribution is 2.29. The predicted molar refractivity (Wildman–Crippen MR) is 91.7 cm³/mol. The highest BCUT2D eigenvalue weighted by Gasteiger charge is 2.21. The highest BCUT2D eigenvalue weighted by molar-refractivity contribution is 5.96. The van der Waals surface area contributed by atoms with Crippen molar-refractivity contribution in [1.29, 1.82) is 0 Å². The molecule has 1 rings (SSSR count). The van der Waals surface area contributed by atoms with Crippen molar-refractivity contribution in [1.82, 2.24) is 4.90 Å². The molecule has 134 valence electrons. The number of methoxy groups -OCH3 is 1. The number of nitrogens with zero attached hydrogens (tertiary/aromatic N) is 1. The fraction of sp³-hybridized carbons (Fsp3) is 0.556. The monoisotopic (exact) mass is 337 g/mol. The quantitative estimate of drug-likeness (QED) is 0.750. The molecule has 0 unspecified atom stereocenters. The second kappa shape index (κ2) is 9.15. The average molecular weight is 337 g/mol. The number of rotatable bonds is 9. The van der Waals surface area contributed by atoms with Crippen molar-refractivity contribution in [3.63, 3.8) is 0 Å². The molecule has 0 bridgehead atoms. The summed E-state index contributed by atoms with van der Waals surface area (Å²) in [7, 11) is 1.51. The summed E-state index contributed by atoms with van der Waals surface area (Å²) in [5.74, 6) is 0.197. The van der Waals surface area contributed by atoms with Gasteiger partial charge in [0.1, 0.15) is 6.54 Å². The van der Waals surface area contributed by atoms with E-state index >= 15 is 0 Å². The van der Waals surface area contributed by atoms with Crippen LogP contribution in [0.25, 0.3) is 0 Å². The lowest BCUT2D eigenvalue weighted by atomic mass is 10.1. The number of carbonyl (C=O) groups excluding carboxylic acids is 1. The minimum atomic E-state index is -1.03. The summed E-state index contributed by atoms with van der Waals surface area (Å²) < 4.78 is 11.0. The van der Waals surface area contributed by atoms with Gasteiger partial charge in [0.15, 0.2) is 11.5 Å². The van der Waals surface area contributed by atoms with Crippen molar-refractivity contribution in [2.45, 2.75) is 27.7 Å². The van der Waals surface area contributed by atoms with Crippen LogP contribution in [0.1, 0.15) is 38.1 Å². The molecule has 0 radical (unpaired) electrons. The van der Waals surface area contributed by atoms with Gasteiger partial charge in [0.2, 0.25) is 0 Å². The normalized spacial score (nSPS) is 10.8. The van der Waals surface area contributed by atoms with Crippen LogP contribution in [0.15, 0.2) is 18.2 Å². The van der Waals surface area contributed by atoms with Crippen LogP contribution in [-0.4, -0.2) is 48.7 Å². The lowest BCUT2D eigenvalue weighted by Crippen LogP contribution is -2.38. The summed E-state index contributed by atoms with van der Waals surface area (Å²) in [6.07, 6.45) is 0. The van der Waals surface area contributed by atoms with E-state index in [4.69, 9.17) is 14.6 Å². The summed E-state index contributed by atoms with van der Waals surface area (Å²) in [6.45, 7) is 8.55. The van der Waals surface area contributed by atoms with E-state index in [1.807, 2.05) is 27.7 Å². The molecule has 0 saturated heterocycles. The number of ether oxygens (including phenoxy) is 2. The van der Waals surface area contributed by atoms with Crippen molar-refractivity contribution in [2.75, 3.05) is 26.8 Å². The minimum Gasteiger partial charge on any atom is -0.493 e. The molecule has 6 heteroatoms. The molecule has 6 nitrogen and oxygen atoms in total. The standard InChI is InChI=1S/C18H27NO5/c1-12(2)9-19(10-17(20)21)18(22)14-6-7-15(16(8-14)23-5)24-11-13(3)4/h6-8,12-13H,9-11H2,1-5H3,(H,20,21). The third-order valence-corrected chi connectivity index (χ3v) is 3.18. The van der Waals surface area contributed by atoms with E-state index in [0.29, 0.717) is 36.1 Å². The topological polar surface area (TPSA) is 76.1 Å². The van der Waals surface area contributed by atoms with Crippen LogP contribution >= 0.6 is 0 Å². The van der Waals surface area contributed by atoms with Crippen LogP contribution in [-0.2, 0) is 4.79 Å². The summed E-state index contributed by atoms with van der Waals surface area (Å²) in [5.41, 5.74) is 0.380. The molecule has 1 N–H and O–H groups in total. The minimum absolute atomic E-state index is 0.170. The smallest absolute Gasteiger partial charge is 0.323 e. The first-order valence-corrected chi connectivity index (χ1v) is 8.06. The van der Waals surface area contributed by atoms with Gasteiger partial charge in [-0.2, -0.15) is 0 Å². The third-order valence-electron chi connectivity index (χ3n) is 3.18. The molecule has 0 aromatic heterocycles. The molecule has 0 fully saturated rings. The molecule has 0 aliphatic rings. The lowest BCUT2D eigenvalue weighted by molar-refractivity contribution is -0.137. The molecule has 0 aliphatic carbocycles. The van der Waals surface area contributed by atoms with Gasteiger partial charge in [-0.15, -0.1) is 0 Å². The van der Waals surface area contributed by atoms with E-state index in [1.165, 1.54) is 12.0 Å². The fourth-order valence-electron chi connectivity index (χ4n) is 2.18. The molecular formula is C18H27NO5. The number of carboxylic acids is 1. The van der Waals surface area contributed by atoms with Crippen molar-refractivity contribution in [3.05, 3.63) is 23.8 Å². The second-order valence-corrected chi connectivity index (χ2v) is 6.54. The Morgan fingerprint density at radius 1 is 1.12 bits per heavy atom. The molecule has 0 atom stereocenters. The van der Waals surface area contributed by atoms with E-state index in [9.17, 15) is 9.59 Å². The molecule has 1 aromatic rings. The van der Waals surface area contributed by atoms with Gasteiger partial charge in [0.05, 0.1) is 13.7 Å². The first-order chi connectivity index (χ1) is 11.2. The number of benzene rings is 1. The van der Waals surface area contributed by atoms with E-state index < -0.39 is 5.97 Å². The van der Waals surface area contributed by atoms with Crippen LogP contribution in [0, 0.1) is 11.8 Å². The molecule has 24 heavy (non-hydrogen) atoms. The maximum Gasteiger partial charge on any atom is 0.323 e. The van der Waals surface area contributed by atoms with Crippen LogP contribution in [0.5, 0.6) is 11.5 Å². The molecule has 0 spiro atoms. The SMILES string of the molecule is COc1cc(C(=O)N(CC(=O)O)CC(C)C)ccc1OCC(C)C. The summed E-state index contributed by atoms with van der Waals surface area (Å²) >= 11 is 0. The van der Waals surface area contributed by atoms with Crippen LogP contribution in [0.2, 0.25) is 0 Å². The summed E-state index contributed by atoms with van der Waals surface area (Å²) in [4.78, 5) is 25.0. The first kappa shape index (κ1) is 19.8. The molecular weight excluding hydrogens is 310 g/mol. The van der Waals surface area contributed by atoms with E-state index in [2.05, 4.69) is 0 Å². The number of aliphatic carboxylic acids is 1. The van der Waals surface area contributed by atoms with Crippen molar-refractivity contribution < 1.29 is 24.2 Å². The Balaban J connectivity index is 3.01. The van der Waals surface area contributed by atoms with E-state index in [-0.39, 0.29) is 18.4 Å². The molecule has 0 saturated carbocycles. The van der Waals surface area contributed by atoms with Crippen molar-refractivity contribution in [3.8, 4) is 11.5 Å². The van der Waals surface area contributed by atoms with Gasteiger partial charge in [0.25, 0.3) is 5.91 Å². The van der Waals surface area contributed by atoms with Crippen LogP contribution < -0.4 is 9.47 Å². The molecule has 1 amide bonds. The van der Waals surface area contributed by atoms with Gasteiger partial charge in [-0.05, 0) is 30.0 Å². The first-order valence-electron chi connectivity index (χ1n) is 8.06. The zero-order valence-electron chi connectivity index (χ0n) is 15.0. The Labute approximate surface area is 143 Å². The number of carboxylic acid groups (broad SMARTS) is 1. The van der Waals surface area contributed by atoms with Gasteiger partial charge in [-0.25, -0.2) is 0 Å². The predicted octanol–water partition coefficient (Wildman–Crippen LogP) is 2.91. The largest absolute Gasteiger partial charge is 0.493 e. The van der Waals surface area contributed by atoms with Gasteiger partial charge in [-0.1, -0.05) is 27.7 Å². The Hall–Kier alpha value is -2.24. The van der Waals surface area contributed by atoms with Crippen molar-refractivity contribution in [2.24, 2.45) is 11.8 Å². The fourth-order valence-corrected chi connectivity index (χ4v) is 2.18. The van der Waals surface area contributed by atoms with Crippen LogP contribution in [0.4, 0.5) is 0 Å². The highest BCUT2D eigenvalue weighted by atomic mass is 16.5. The maximum absolute atomic E-state index is 12.6. The van der Waals surface area contributed by atoms with Crippen molar-refractivity contribution >= 4 is 11.9 Å². The molecule has 0 heterocycles. The number of hydrogen-bond donors (Lipinski definition) is 1. The van der Waals surface area contributed by atoms with E-state index in [0.717, 1.165) is 0 Å².